The molecule has 1 saturated heterocycles. The second-order valence-electron chi connectivity index (χ2n) is 3.91. The molecule has 1 amide bonds. The van der Waals surface area contributed by atoms with Gasteiger partial charge in [0.05, 0.1) is 25.0 Å². The average Bonchev–Trinajstić information content (AvgIpc) is 2.56. The molecule has 2 aliphatic rings. The Morgan fingerprint density at radius 1 is 1.71 bits per heavy atom. The number of fused-ring (bicyclic) bond motifs is 1. The minimum Gasteiger partial charge on any atom is -0.380 e. The summed E-state index contributed by atoms with van der Waals surface area (Å²) in [5, 5.41) is 6.02. The van der Waals surface area contributed by atoms with Crippen LogP contribution in [0.15, 0.2) is 5.10 Å². The summed E-state index contributed by atoms with van der Waals surface area (Å²) >= 11 is 0. The lowest BCUT2D eigenvalue weighted by atomic mass is 10.00. The van der Waals surface area contributed by atoms with Crippen LogP contribution in [0.4, 0.5) is 0 Å². The molecule has 2 aliphatic heterocycles. The van der Waals surface area contributed by atoms with Crippen LogP contribution in [0, 0.1) is 5.92 Å². The van der Waals surface area contributed by atoms with E-state index in [1.807, 2.05) is 6.92 Å². The number of hydrogen-bond acceptors (Lipinski definition) is 3. The summed E-state index contributed by atoms with van der Waals surface area (Å²) in [6.07, 6.45) is 1.75. The first kappa shape index (κ1) is 9.65. The third-order valence-electron chi connectivity index (χ3n) is 2.96. The molecule has 4 heteroatoms. The maximum absolute atomic E-state index is 11.9. The summed E-state index contributed by atoms with van der Waals surface area (Å²) in [6, 6.07) is 0.209. The smallest absolute Gasteiger partial charge is 0.254 e. The van der Waals surface area contributed by atoms with Gasteiger partial charge in [0.2, 0.25) is 0 Å². The van der Waals surface area contributed by atoms with Crippen LogP contribution in [0.3, 0.4) is 0 Å². The van der Waals surface area contributed by atoms with Crippen LogP contribution < -0.4 is 0 Å². The minimum absolute atomic E-state index is 0.0854. The van der Waals surface area contributed by atoms with Gasteiger partial charge in [-0.25, -0.2) is 5.01 Å². The molecular weight excluding hydrogens is 180 g/mol. The molecule has 0 N–H and O–H groups in total. The molecule has 0 bridgehead atoms. The van der Waals surface area contributed by atoms with E-state index in [9.17, 15) is 4.79 Å². The van der Waals surface area contributed by atoms with Gasteiger partial charge in [-0.15, -0.1) is 0 Å². The van der Waals surface area contributed by atoms with Crippen molar-refractivity contribution in [1.29, 1.82) is 0 Å². The Hall–Kier alpha value is -0.900. The zero-order valence-electron chi connectivity index (χ0n) is 8.69. The first-order valence-electron chi connectivity index (χ1n) is 5.22. The lowest BCUT2D eigenvalue weighted by molar-refractivity contribution is -0.135. The highest BCUT2D eigenvalue weighted by atomic mass is 16.5. The van der Waals surface area contributed by atoms with Crippen molar-refractivity contribution in [3.63, 3.8) is 0 Å². The van der Waals surface area contributed by atoms with Crippen LogP contribution in [0.1, 0.15) is 26.7 Å². The predicted octanol–water partition coefficient (Wildman–Crippen LogP) is 1.02. The third-order valence-corrected chi connectivity index (χ3v) is 2.96. The Labute approximate surface area is 83.9 Å². The predicted molar refractivity (Wildman–Crippen MR) is 53.0 cm³/mol. The van der Waals surface area contributed by atoms with Gasteiger partial charge >= 0.3 is 0 Å². The molecule has 0 aliphatic carbocycles. The van der Waals surface area contributed by atoms with E-state index in [4.69, 9.17) is 4.74 Å². The van der Waals surface area contributed by atoms with Crippen LogP contribution in [-0.2, 0) is 9.53 Å². The molecule has 14 heavy (non-hydrogen) atoms. The molecule has 1 fully saturated rings. The highest BCUT2D eigenvalue weighted by Crippen LogP contribution is 2.24. The largest absolute Gasteiger partial charge is 0.380 e. The topological polar surface area (TPSA) is 41.9 Å². The number of ether oxygens (including phenoxy) is 1. The van der Waals surface area contributed by atoms with E-state index in [2.05, 4.69) is 12.0 Å². The van der Waals surface area contributed by atoms with Gasteiger partial charge < -0.3 is 4.74 Å². The summed E-state index contributed by atoms with van der Waals surface area (Å²) in [4.78, 5) is 11.9. The van der Waals surface area contributed by atoms with E-state index < -0.39 is 0 Å². The van der Waals surface area contributed by atoms with Crippen LogP contribution in [0.5, 0.6) is 0 Å². The molecule has 0 aromatic carbocycles. The first-order valence-corrected chi connectivity index (χ1v) is 5.22. The fourth-order valence-corrected chi connectivity index (χ4v) is 1.82. The monoisotopic (exact) mass is 196 g/mol. The van der Waals surface area contributed by atoms with Crippen LogP contribution in [0.25, 0.3) is 0 Å². The van der Waals surface area contributed by atoms with Crippen LogP contribution >= 0.6 is 0 Å². The minimum atomic E-state index is -0.0854. The summed E-state index contributed by atoms with van der Waals surface area (Å²) in [7, 11) is 0. The molecule has 0 radical (unpaired) electrons. The van der Waals surface area contributed by atoms with Crippen molar-refractivity contribution in [2.45, 2.75) is 32.7 Å². The van der Waals surface area contributed by atoms with Gasteiger partial charge in [0.25, 0.3) is 5.91 Å². The van der Waals surface area contributed by atoms with Gasteiger partial charge in [-0.2, -0.15) is 5.10 Å². The molecule has 2 unspecified atom stereocenters. The van der Waals surface area contributed by atoms with Gasteiger partial charge in [0.15, 0.2) is 0 Å². The Kier molecular flexibility index (Phi) is 2.54. The quantitative estimate of drug-likeness (QED) is 0.661. The van der Waals surface area contributed by atoms with E-state index in [-0.39, 0.29) is 17.9 Å². The maximum Gasteiger partial charge on any atom is 0.254 e. The van der Waals surface area contributed by atoms with Crippen molar-refractivity contribution in [1.82, 2.24) is 5.01 Å². The molecule has 2 heterocycles. The number of rotatable bonds is 2. The van der Waals surface area contributed by atoms with Gasteiger partial charge in [-0.05, 0) is 13.3 Å². The lowest BCUT2D eigenvalue weighted by Gasteiger charge is -2.20. The first-order chi connectivity index (χ1) is 6.74. The zero-order chi connectivity index (χ0) is 10.1. The normalized spacial score (nSPS) is 28.7. The molecule has 0 saturated carbocycles. The molecule has 0 aromatic heterocycles. The summed E-state index contributed by atoms with van der Waals surface area (Å²) in [5.41, 5.74) is 1.02. The highest BCUT2D eigenvalue weighted by Gasteiger charge is 2.39. The van der Waals surface area contributed by atoms with E-state index in [1.165, 1.54) is 0 Å². The second kappa shape index (κ2) is 3.69. The molecular formula is C10H16N2O2. The van der Waals surface area contributed by atoms with Gasteiger partial charge in [0.1, 0.15) is 5.92 Å². The number of carbonyl (C=O) groups is 1. The van der Waals surface area contributed by atoms with Crippen molar-refractivity contribution in [3.05, 3.63) is 0 Å². The van der Waals surface area contributed by atoms with Gasteiger partial charge in [-0.3, -0.25) is 4.79 Å². The number of hydrazone groups is 1. The SMILES string of the molecule is CCC(C)N1N=C2CCOCC2C1=O. The number of nitrogens with zero attached hydrogens (tertiary/aromatic N) is 2. The zero-order valence-corrected chi connectivity index (χ0v) is 8.69. The van der Waals surface area contributed by atoms with Crippen LogP contribution in [0.2, 0.25) is 0 Å². The Balaban J connectivity index is 2.15. The van der Waals surface area contributed by atoms with Crippen molar-refractivity contribution in [3.8, 4) is 0 Å². The van der Waals surface area contributed by atoms with Crippen molar-refractivity contribution in [2.24, 2.45) is 11.0 Å². The highest BCUT2D eigenvalue weighted by molar-refractivity contribution is 6.08. The standard InChI is InChI=1S/C10H16N2O2/c1-3-7(2)12-10(13)8-6-14-5-4-9(8)11-12/h7-8H,3-6H2,1-2H3. The number of hydrogen-bond donors (Lipinski definition) is 0. The molecule has 0 aromatic rings. The Morgan fingerprint density at radius 2 is 2.50 bits per heavy atom. The van der Waals surface area contributed by atoms with Gasteiger partial charge in [0, 0.05) is 6.42 Å². The maximum atomic E-state index is 11.9. The molecule has 0 spiro atoms. The number of amides is 1. The summed E-state index contributed by atoms with van der Waals surface area (Å²) in [5.74, 6) is 0.0341. The molecule has 2 atom stereocenters. The Morgan fingerprint density at radius 3 is 3.14 bits per heavy atom. The van der Waals surface area contributed by atoms with E-state index in [0.29, 0.717) is 13.2 Å². The summed E-state index contributed by atoms with van der Waals surface area (Å²) in [6.45, 7) is 5.32. The lowest BCUT2D eigenvalue weighted by Crippen LogP contribution is -2.37. The van der Waals surface area contributed by atoms with E-state index >= 15 is 0 Å². The number of carbonyl (C=O) groups excluding carboxylic acids is 1. The Bertz CT molecular complexity index is 275. The van der Waals surface area contributed by atoms with Crippen molar-refractivity contribution in [2.75, 3.05) is 13.2 Å². The fourth-order valence-electron chi connectivity index (χ4n) is 1.82. The summed E-state index contributed by atoms with van der Waals surface area (Å²) < 4.78 is 5.29. The van der Waals surface area contributed by atoms with E-state index in [1.54, 1.807) is 5.01 Å². The molecule has 78 valence electrons. The molecule has 2 rings (SSSR count). The fraction of sp³-hybridized carbons (Fsp3) is 0.800. The third kappa shape index (κ3) is 1.43. The van der Waals surface area contributed by atoms with Gasteiger partial charge in [-0.1, -0.05) is 6.92 Å². The van der Waals surface area contributed by atoms with Crippen molar-refractivity contribution >= 4 is 11.6 Å². The second-order valence-corrected chi connectivity index (χ2v) is 3.91. The van der Waals surface area contributed by atoms with Crippen LogP contribution in [-0.4, -0.2) is 35.9 Å². The van der Waals surface area contributed by atoms with Crippen molar-refractivity contribution < 1.29 is 9.53 Å². The average molecular weight is 196 g/mol. The molecule has 4 nitrogen and oxygen atoms in total. The van der Waals surface area contributed by atoms with E-state index in [0.717, 1.165) is 18.6 Å².